The van der Waals surface area contributed by atoms with Crippen LogP contribution in [0.5, 0.6) is 0 Å². The number of halogens is 1. The Morgan fingerprint density at radius 1 is 1.29 bits per heavy atom. The van der Waals surface area contributed by atoms with Crippen LogP contribution >= 0.6 is 34.3 Å². The van der Waals surface area contributed by atoms with Crippen LogP contribution in [0.15, 0.2) is 17.5 Å². The number of aromatic nitrogens is 1. The summed E-state index contributed by atoms with van der Waals surface area (Å²) in [4.78, 5) is 19.1. The molecule has 0 aliphatic rings. The quantitative estimate of drug-likeness (QED) is 0.807. The van der Waals surface area contributed by atoms with Crippen molar-refractivity contribution in [1.29, 1.82) is 0 Å². The van der Waals surface area contributed by atoms with Gasteiger partial charge in [-0.1, -0.05) is 11.6 Å². The second kappa shape index (κ2) is 7.86. The molecule has 2 aromatic rings. The number of carbonyl (C=O) groups excluding carboxylic acids is 1. The zero-order valence-electron chi connectivity index (χ0n) is 11.2. The zero-order chi connectivity index (χ0) is 15.2. The molecule has 0 spiro atoms. The minimum absolute atomic E-state index is 0.00518. The van der Waals surface area contributed by atoms with Crippen LogP contribution in [0.4, 0.5) is 0 Å². The summed E-state index contributed by atoms with van der Waals surface area (Å²) >= 11 is 8.70. The minimum Gasteiger partial charge on any atom is -0.396 e. The van der Waals surface area contributed by atoms with Crippen molar-refractivity contribution >= 4 is 40.2 Å². The Morgan fingerprint density at radius 2 is 2.10 bits per heavy atom. The second-order valence-electron chi connectivity index (χ2n) is 4.23. The first-order chi connectivity index (χ1) is 10.2. The van der Waals surface area contributed by atoms with E-state index in [9.17, 15) is 4.79 Å². The van der Waals surface area contributed by atoms with Crippen molar-refractivity contribution in [2.75, 3.05) is 26.3 Å². The summed E-state index contributed by atoms with van der Waals surface area (Å²) in [5.41, 5.74) is 0.353. The smallest absolute Gasteiger partial charge is 0.273 e. The van der Waals surface area contributed by atoms with E-state index in [0.717, 1.165) is 9.88 Å². The molecule has 2 rings (SSSR count). The van der Waals surface area contributed by atoms with Gasteiger partial charge in [-0.15, -0.1) is 22.7 Å². The average molecular weight is 347 g/mol. The Morgan fingerprint density at radius 3 is 2.71 bits per heavy atom. The van der Waals surface area contributed by atoms with Gasteiger partial charge in [-0.3, -0.25) is 4.79 Å². The number of aliphatic hydroxyl groups excluding tert-OH is 2. The first-order valence-corrected chi connectivity index (χ1v) is 8.45. The van der Waals surface area contributed by atoms with Gasteiger partial charge in [0.15, 0.2) is 0 Å². The van der Waals surface area contributed by atoms with Crippen LogP contribution < -0.4 is 0 Å². The van der Waals surface area contributed by atoms with Gasteiger partial charge in [0.1, 0.15) is 10.7 Å². The number of thiophene rings is 1. The molecule has 0 unspecified atom stereocenters. The van der Waals surface area contributed by atoms with Gasteiger partial charge >= 0.3 is 0 Å². The highest BCUT2D eigenvalue weighted by atomic mass is 35.5. The van der Waals surface area contributed by atoms with E-state index in [1.165, 1.54) is 27.6 Å². The molecule has 0 saturated carbocycles. The summed E-state index contributed by atoms with van der Waals surface area (Å²) in [6.07, 6.45) is 0.475. The van der Waals surface area contributed by atoms with E-state index in [1.54, 1.807) is 11.4 Å². The van der Waals surface area contributed by atoms with Crippen molar-refractivity contribution in [1.82, 2.24) is 9.88 Å². The van der Waals surface area contributed by atoms with Crippen molar-refractivity contribution in [3.05, 3.63) is 27.5 Å². The lowest BCUT2D eigenvalue weighted by atomic mass is 10.3. The second-order valence-corrected chi connectivity index (χ2v) is 6.81. The number of rotatable bonds is 7. The Kier molecular flexibility index (Phi) is 6.13. The van der Waals surface area contributed by atoms with E-state index in [-0.39, 0.29) is 25.7 Å². The van der Waals surface area contributed by atoms with Gasteiger partial charge in [0.2, 0.25) is 0 Å². The molecule has 2 heterocycles. The summed E-state index contributed by atoms with van der Waals surface area (Å²) in [5, 5.41) is 20.4. The molecule has 2 N–H and O–H groups in total. The van der Waals surface area contributed by atoms with E-state index in [2.05, 4.69) is 4.98 Å². The molecular formula is C13H15ClN2O3S2. The van der Waals surface area contributed by atoms with Crippen molar-refractivity contribution in [3.8, 4) is 9.88 Å². The van der Waals surface area contributed by atoms with Gasteiger partial charge in [0, 0.05) is 25.1 Å². The van der Waals surface area contributed by atoms with Gasteiger partial charge in [-0.05, 0) is 18.6 Å². The Hall–Kier alpha value is -0.990. The molecule has 0 aliphatic carbocycles. The fourth-order valence-electron chi connectivity index (χ4n) is 1.77. The number of nitrogens with zero attached hydrogens (tertiary/aromatic N) is 2. The Labute approximate surface area is 135 Å². The number of hydrogen-bond acceptors (Lipinski definition) is 6. The summed E-state index contributed by atoms with van der Waals surface area (Å²) < 4.78 is 0.679. The molecule has 5 nitrogen and oxygen atoms in total. The van der Waals surface area contributed by atoms with Crippen LogP contribution in [0, 0.1) is 0 Å². The van der Waals surface area contributed by atoms with Crippen LogP contribution in [-0.4, -0.2) is 52.3 Å². The molecule has 1 amide bonds. The largest absolute Gasteiger partial charge is 0.396 e. The van der Waals surface area contributed by atoms with Crippen LogP contribution in [-0.2, 0) is 0 Å². The highest BCUT2D eigenvalue weighted by molar-refractivity contribution is 7.23. The normalized spacial score (nSPS) is 10.8. The maximum Gasteiger partial charge on any atom is 0.273 e. The highest BCUT2D eigenvalue weighted by Gasteiger charge is 2.19. The standard InChI is InChI=1S/C13H15ClN2O3S2/c14-11-3-2-10(21-11)12-15-9(8-20-12)13(19)16(5-7-18)4-1-6-17/h2-3,8,17-18H,1,4-7H2. The SMILES string of the molecule is O=C(c1csc(-c2ccc(Cl)s2)n1)N(CCO)CCCO. The van der Waals surface area contributed by atoms with Crippen molar-refractivity contribution < 1.29 is 15.0 Å². The van der Waals surface area contributed by atoms with E-state index in [0.29, 0.717) is 23.0 Å². The van der Waals surface area contributed by atoms with Crippen molar-refractivity contribution in [3.63, 3.8) is 0 Å². The maximum absolute atomic E-state index is 12.3. The fraction of sp³-hybridized carbons (Fsp3) is 0.385. The third-order valence-corrected chi connectivity index (χ3v) is 4.99. The third-order valence-electron chi connectivity index (χ3n) is 2.75. The predicted octanol–water partition coefficient (Wildman–Crippen LogP) is 2.34. The van der Waals surface area contributed by atoms with E-state index >= 15 is 0 Å². The maximum atomic E-state index is 12.3. The lowest BCUT2D eigenvalue weighted by molar-refractivity contribution is 0.0705. The van der Waals surface area contributed by atoms with Crippen LogP contribution in [0.2, 0.25) is 4.34 Å². The average Bonchev–Trinajstić information content (AvgIpc) is 3.11. The van der Waals surface area contributed by atoms with Gasteiger partial charge in [-0.2, -0.15) is 0 Å². The molecular weight excluding hydrogens is 332 g/mol. The molecule has 0 aliphatic heterocycles. The van der Waals surface area contributed by atoms with Crippen molar-refractivity contribution in [2.24, 2.45) is 0 Å². The third kappa shape index (κ3) is 4.24. The van der Waals surface area contributed by atoms with Gasteiger partial charge in [0.25, 0.3) is 5.91 Å². The molecule has 114 valence electrons. The molecule has 21 heavy (non-hydrogen) atoms. The topological polar surface area (TPSA) is 73.7 Å². The van der Waals surface area contributed by atoms with E-state index < -0.39 is 0 Å². The number of thiazole rings is 1. The molecule has 0 saturated heterocycles. The predicted molar refractivity (Wildman–Crippen MR) is 85.1 cm³/mol. The first-order valence-electron chi connectivity index (χ1n) is 6.38. The van der Waals surface area contributed by atoms with Crippen LogP contribution in [0.25, 0.3) is 9.88 Å². The molecule has 0 aromatic carbocycles. The molecule has 0 bridgehead atoms. The zero-order valence-corrected chi connectivity index (χ0v) is 13.5. The molecule has 0 fully saturated rings. The van der Waals surface area contributed by atoms with Crippen LogP contribution in [0.1, 0.15) is 16.9 Å². The lowest BCUT2D eigenvalue weighted by Gasteiger charge is -2.20. The Bertz CT molecular complexity index is 600. The molecule has 0 radical (unpaired) electrons. The van der Waals surface area contributed by atoms with Crippen molar-refractivity contribution in [2.45, 2.75) is 6.42 Å². The van der Waals surface area contributed by atoms with Gasteiger partial charge in [-0.25, -0.2) is 4.98 Å². The Balaban J connectivity index is 2.13. The van der Waals surface area contributed by atoms with Gasteiger partial charge in [0.05, 0.1) is 15.8 Å². The van der Waals surface area contributed by atoms with E-state index in [4.69, 9.17) is 21.8 Å². The molecule has 0 atom stereocenters. The van der Waals surface area contributed by atoms with Gasteiger partial charge < -0.3 is 15.1 Å². The fourth-order valence-corrected chi connectivity index (χ4v) is 3.68. The number of carbonyl (C=O) groups is 1. The first kappa shape index (κ1) is 16.4. The minimum atomic E-state index is -0.234. The highest BCUT2D eigenvalue weighted by Crippen LogP contribution is 2.33. The summed E-state index contributed by atoms with van der Waals surface area (Å²) in [6, 6.07) is 3.67. The molecule has 2 aromatic heterocycles. The molecule has 8 heteroatoms. The lowest BCUT2D eigenvalue weighted by Crippen LogP contribution is -2.35. The number of amides is 1. The summed E-state index contributed by atoms with van der Waals surface area (Å²) in [6.45, 7) is 0.518. The summed E-state index contributed by atoms with van der Waals surface area (Å²) in [5.74, 6) is -0.234. The summed E-state index contributed by atoms with van der Waals surface area (Å²) in [7, 11) is 0. The van der Waals surface area contributed by atoms with Crippen LogP contribution in [0.3, 0.4) is 0 Å². The number of hydrogen-bond donors (Lipinski definition) is 2. The monoisotopic (exact) mass is 346 g/mol. The van der Waals surface area contributed by atoms with E-state index in [1.807, 2.05) is 6.07 Å². The number of aliphatic hydroxyl groups is 2.